The van der Waals surface area contributed by atoms with Crippen molar-refractivity contribution in [3.05, 3.63) is 23.8 Å². The van der Waals surface area contributed by atoms with Gasteiger partial charge in [0.15, 0.2) is 11.5 Å². The summed E-state index contributed by atoms with van der Waals surface area (Å²) in [5, 5.41) is 14.3. The van der Waals surface area contributed by atoms with Crippen molar-refractivity contribution in [2.45, 2.75) is 63.5 Å². The van der Waals surface area contributed by atoms with E-state index < -0.39 is 12.1 Å². The van der Waals surface area contributed by atoms with Crippen molar-refractivity contribution in [3.63, 3.8) is 0 Å². The van der Waals surface area contributed by atoms with Crippen molar-refractivity contribution >= 4 is 11.7 Å². The van der Waals surface area contributed by atoms with Crippen molar-refractivity contribution in [2.75, 3.05) is 46.1 Å². The van der Waals surface area contributed by atoms with E-state index in [1.807, 2.05) is 18.2 Å². The number of amides is 1. The number of aliphatic hydroxyl groups is 1. The number of ketones is 1. The minimum Gasteiger partial charge on any atom is -0.486 e. The number of nitrogens with one attached hydrogen (secondary N) is 1. The standard InChI is InChI=1S/C26H38N2O6/c29-22(19-9-13-32-14-10-19)5-1-2-6-25(30)27-21(18-28-11-3-4-12-28)26(31)20-7-8-23-24(17-20)34-16-15-33-23/h7-8,17,19,21,26,31H,1-6,9-16,18H2,(H,27,30)/t21?,26-/m1/s1. The number of Topliss-reactive ketones (excluding diaryl/α,β-unsaturated/α-hetero) is 1. The zero-order chi connectivity index (χ0) is 23.8. The molecule has 2 N–H and O–H groups in total. The minimum absolute atomic E-state index is 0.0840. The van der Waals surface area contributed by atoms with E-state index in [2.05, 4.69) is 10.2 Å². The number of likely N-dealkylation sites (tertiary alicyclic amines) is 1. The molecule has 8 nitrogen and oxygen atoms in total. The zero-order valence-corrected chi connectivity index (χ0v) is 20.0. The second-order valence-electron chi connectivity index (χ2n) is 9.59. The number of hydrogen-bond donors (Lipinski definition) is 2. The number of nitrogens with zero attached hydrogens (tertiary/aromatic N) is 1. The Bertz CT molecular complexity index is 820. The zero-order valence-electron chi connectivity index (χ0n) is 20.0. The molecule has 2 atom stereocenters. The fourth-order valence-corrected chi connectivity index (χ4v) is 5.03. The highest BCUT2D eigenvalue weighted by Gasteiger charge is 2.28. The van der Waals surface area contributed by atoms with E-state index in [9.17, 15) is 14.7 Å². The van der Waals surface area contributed by atoms with Crippen LogP contribution in [0.2, 0.25) is 0 Å². The summed E-state index contributed by atoms with van der Waals surface area (Å²) >= 11 is 0. The van der Waals surface area contributed by atoms with Crippen molar-refractivity contribution in [2.24, 2.45) is 5.92 Å². The van der Waals surface area contributed by atoms with E-state index in [0.717, 1.165) is 38.8 Å². The molecule has 34 heavy (non-hydrogen) atoms. The van der Waals surface area contributed by atoms with E-state index in [0.29, 0.717) is 81.5 Å². The van der Waals surface area contributed by atoms with Gasteiger partial charge in [-0.25, -0.2) is 0 Å². The molecule has 3 aliphatic heterocycles. The molecular weight excluding hydrogens is 436 g/mol. The van der Waals surface area contributed by atoms with Crippen molar-refractivity contribution in [1.82, 2.24) is 10.2 Å². The van der Waals surface area contributed by atoms with Gasteiger partial charge in [0.25, 0.3) is 0 Å². The molecule has 1 unspecified atom stereocenters. The molecule has 4 rings (SSSR count). The average molecular weight is 475 g/mol. The van der Waals surface area contributed by atoms with E-state index in [1.165, 1.54) is 0 Å². The third-order valence-corrected chi connectivity index (χ3v) is 7.04. The van der Waals surface area contributed by atoms with Gasteiger partial charge >= 0.3 is 0 Å². The Hall–Kier alpha value is -2.16. The number of carbonyl (C=O) groups excluding carboxylic acids is 2. The molecule has 1 aromatic carbocycles. The van der Waals surface area contributed by atoms with Gasteiger partial charge in [0, 0.05) is 38.5 Å². The predicted octanol–water partition coefficient (Wildman–Crippen LogP) is 2.63. The molecule has 0 aliphatic carbocycles. The highest BCUT2D eigenvalue weighted by molar-refractivity contribution is 5.81. The summed E-state index contributed by atoms with van der Waals surface area (Å²) in [5.74, 6) is 1.64. The summed E-state index contributed by atoms with van der Waals surface area (Å²) in [6, 6.07) is 5.04. The first-order valence-electron chi connectivity index (χ1n) is 12.8. The highest BCUT2D eigenvalue weighted by atomic mass is 16.6. The molecule has 3 heterocycles. The number of rotatable bonds is 11. The Morgan fingerprint density at radius 3 is 2.47 bits per heavy atom. The Labute approximate surface area is 201 Å². The van der Waals surface area contributed by atoms with Crippen LogP contribution in [0.3, 0.4) is 0 Å². The third kappa shape index (κ3) is 6.93. The van der Waals surface area contributed by atoms with Crippen LogP contribution in [0.25, 0.3) is 0 Å². The number of benzene rings is 1. The maximum Gasteiger partial charge on any atom is 0.220 e. The van der Waals surface area contributed by atoms with Crippen molar-refractivity contribution in [1.29, 1.82) is 0 Å². The van der Waals surface area contributed by atoms with Gasteiger partial charge in [-0.15, -0.1) is 0 Å². The molecule has 2 saturated heterocycles. The lowest BCUT2D eigenvalue weighted by Gasteiger charge is -2.29. The normalized spacial score (nSPS) is 20.6. The van der Waals surface area contributed by atoms with E-state index in [-0.39, 0.29) is 11.8 Å². The summed E-state index contributed by atoms with van der Waals surface area (Å²) < 4.78 is 16.6. The van der Waals surface area contributed by atoms with Gasteiger partial charge in [-0.3, -0.25) is 9.59 Å². The SMILES string of the molecule is O=C(CCCCC(=O)C1CCOCC1)NC(CN1CCCC1)[C@H](O)c1ccc2c(c1)OCCO2. The van der Waals surface area contributed by atoms with Crippen LogP contribution >= 0.6 is 0 Å². The van der Waals surface area contributed by atoms with E-state index >= 15 is 0 Å². The van der Waals surface area contributed by atoms with Gasteiger partial charge in [0.1, 0.15) is 25.1 Å². The molecule has 0 radical (unpaired) electrons. The number of carbonyl (C=O) groups is 2. The summed E-state index contributed by atoms with van der Waals surface area (Å²) in [7, 11) is 0. The molecular formula is C26H38N2O6. The summed E-state index contributed by atoms with van der Waals surface area (Å²) in [4.78, 5) is 27.4. The van der Waals surface area contributed by atoms with Crippen molar-refractivity contribution < 1.29 is 28.9 Å². The monoisotopic (exact) mass is 474 g/mol. The molecule has 188 valence electrons. The van der Waals surface area contributed by atoms with Crippen LogP contribution in [0, 0.1) is 5.92 Å². The second kappa shape index (κ2) is 12.5. The fourth-order valence-electron chi connectivity index (χ4n) is 5.03. The van der Waals surface area contributed by atoms with Crippen LogP contribution in [0.15, 0.2) is 18.2 Å². The lowest BCUT2D eigenvalue weighted by molar-refractivity contribution is -0.126. The number of fused-ring (bicyclic) bond motifs is 1. The van der Waals surface area contributed by atoms with Crippen LogP contribution in [0.1, 0.15) is 63.0 Å². The number of hydrogen-bond acceptors (Lipinski definition) is 7. The number of aliphatic hydroxyl groups excluding tert-OH is 1. The van der Waals surface area contributed by atoms with Crippen LogP contribution in [0.5, 0.6) is 11.5 Å². The first-order valence-corrected chi connectivity index (χ1v) is 12.8. The second-order valence-corrected chi connectivity index (χ2v) is 9.59. The largest absolute Gasteiger partial charge is 0.486 e. The Morgan fingerprint density at radius 2 is 1.71 bits per heavy atom. The molecule has 0 saturated carbocycles. The molecule has 0 spiro atoms. The van der Waals surface area contributed by atoms with Gasteiger partial charge in [-0.05, 0) is 69.3 Å². The van der Waals surface area contributed by atoms with Gasteiger partial charge in [-0.1, -0.05) is 6.07 Å². The number of unbranched alkanes of at least 4 members (excludes halogenated alkanes) is 1. The van der Waals surface area contributed by atoms with E-state index in [1.54, 1.807) is 0 Å². The molecule has 1 aromatic rings. The summed E-state index contributed by atoms with van der Waals surface area (Å²) in [5.41, 5.74) is 0.704. The van der Waals surface area contributed by atoms with E-state index in [4.69, 9.17) is 14.2 Å². The first-order chi connectivity index (χ1) is 16.6. The maximum atomic E-state index is 12.8. The van der Waals surface area contributed by atoms with Crippen LogP contribution in [0.4, 0.5) is 0 Å². The lowest BCUT2D eigenvalue weighted by atomic mass is 9.92. The van der Waals surface area contributed by atoms with Gasteiger partial charge in [0.2, 0.25) is 5.91 Å². The third-order valence-electron chi connectivity index (χ3n) is 7.04. The van der Waals surface area contributed by atoms with Gasteiger partial charge in [-0.2, -0.15) is 0 Å². The maximum absolute atomic E-state index is 12.8. The predicted molar refractivity (Wildman–Crippen MR) is 127 cm³/mol. The molecule has 1 amide bonds. The Balaban J connectivity index is 1.29. The molecule has 0 bridgehead atoms. The highest BCUT2D eigenvalue weighted by Crippen LogP contribution is 2.33. The van der Waals surface area contributed by atoms with Crippen LogP contribution in [-0.2, 0) is 14.3 Å². The minimum atomic E-state index is -0.851. The lowest BCUT2D eigenvalue weighted by Crippen LogP contribution is -2.46. The smallest absolute Gasteiger partial charge is 0.220 e. The Morgan fingerprint density at radius 1 is 1.00 bits per heavy atom. The molecule has 0 aromatic heterocycles. The Kier molecular flexibility index (Phi) is 9.18. The quantitative estimate of drug-likeness (QED) is 0.476. The topological polar surface area (TPSA) is 97.3 Å². The first kappa shape index (κ1) is 24.9. The van der Waals surface area contributed by atoms with Crippen LogP contribution in [-0.4, -0.2) is 73.8 Å². The molecule has 3 aliphatic rings. The van der Waals surface area contributed by atoms with Gasteiger partial charge in [0.05, 0.1) is 6.04 Å². The fraction of sp³-hybridized carbons (Fsp3) is 0.692. The average Bonchev–Trinajstić information content (AvgIpc) is 3.39. The van der Waals surface area contributed by atoms with Crippen molar-refractivity contribution in [3.8, 4) is 11.5 Å². The van der Waals surface area contributed by atoms with Crippen LogP contribution < -0.4 is 14.8 Å². The number of ether oxygens (including phenoxy) is 3. The summed E-state index contributed by atoms with van der Waals surface area (Å²) in [6.45, 7) is 4.90. The molecule has 2 fully saturated rings. The van der Waals surface area contributed by atoms with Gasteiger partial charge < -0.3 is 29.5 Å². The summed E-state index contributed by atoms with van der Waals surface area (Å²) in [6.07, 6.45) is 5.31. The molecule has 8 heteroatoms.